The molecule has 3 saturated heterocycles. The topological polar surface area (TPSA) is 45.2 Å². The number of carbonyl (C=O) groups is 1. The maximum atomic E-state index is 13.3. The van der Waals surface area contributed by atoms with Crippen molar-refractivity contribution in [1.82, 2.24) is 15.2 Å². The lowest BCUT2D eigenvalue weighted by Crippen LogP contribution is -2.57. The number of benzene rings is 1. The average molecular weight is 331 g/mol. The van der Waals surface area contributed by atoms with E-state index in [2.05, 4.69) is 15.2 Å². The van der Waals surface area contributed by atoms with E-state index in [9.17, 15) is 9.18 Å². The average Bonchev–Trinajstić information content (AvgIpc) is 3.06. The Morgan fingerprint density at radius 2 is 2.17 bits per heavy atom. The Hall–Kier alpha value is -1.79. The van der Waals surface area contributed by atoms with Crippen LogP contribution in [0.2, 0.25) is 0 Å². The van der Waals surface area contributed by atoms with E-state index in [1.165, 1.54) is 36.3 Å². The van der Waals surface area contributed by atoms with Crippen molar-refractivity contribution in [1.29, 1.82) is 0 Å². The van der Waals surface area contributed by atoms with E-state index in [-0.39, 0.29) is 17.8 Å². The van der Waals surface area contributed by atoms with Crippen LogP contribution in [0, 0.1) is 11.7 Å². The number of hydrogen-bond donors (Lipinski definition) is 1. The molecule has 5 rings (SSSR count). The van der Waals surface area contributed by atoms with Crippen molar-refractivity contribution in [3.63, 3.8) is 0 Å². The van der Waals surface area contributed by atoms with Gasteiger partial charge in [0.05, 0.1) is 6.20 Å². The van der Waals surface area contributed by atoms with E-state index in [1.54, 1.807) is 18.3 Å². The molecule has 0 spiro atoms. The SMILES string of the molecule is O=C(N[C@H]1CN2CCC1CC2)c1cnc(-c2cccc(F)c2)s1. The molecule has 1 atom stereocenters. The summed E-state index contributed by atoms with van der Waals surface area (Å²) in [6, 6.07) is 6.53. The molecule has 23 heavy (non-hydrogen) atoms. The molecule has 0 unspecified atom stereocenters. The predicted octanol–water partition coefficient (Wildman–Crippen LogP) is 2.77. The van der Waals surface area contributed by atoms with Crippen LogP contribution < -0.4 is 5.32 Å². The molecule has 6 heteroatoms. The number of fused-ring (bicyclic) bond motifs is 3. The highest BCUT2D eigenvalue weighted by Gasteiger charge is 2.35. The molecule has 1 aromatic heterocycles. The van der Waals surface area contributed by atoms with Crippen LogP contribution in [-0.2, 0) is 0 Å². The molecule has 0 radical (unpaired) electrons. The number of halogens is 1. The van der Waals surface area contributed by atoms with E-state index in [1.807, 2.05) is 0 Å². The van der Waals surface area contributed by atoms with E-state index < -0.39 is 0 Å². The van der Waals surface area contributed by atoms with Crippen molar-refractivity contribution in [2.45, 2.75) is 18.9 Å². The summed E-state index contributed by atoms with van der Waals surface area (Å²) >= 11 is 1.31. The minimum absolute atomic E-state index is 0.0658. The Morgan fingerprint density at radius 1 is 1.35 bits per heavy atom. The standard InChI is InChI=1S/C17H18FN3OS/c18-13-3-1-2-12(8-13)17-19-9-15(23-17)16(22)20-14-10-21-6-4-11(14)5-7-21/h1-3,8-9,11,14H,4-7,10H2,(H,20,22)/t14-/m0/s1. The minimum Gasteiger partial charge on any atom is -0.347 e. The van der Waals surface area contributed by atoms with Crippen molar-refractivity contribution in [2.24, 2.45) is 5.92 Å². The molecule has 120 valence electrons. The van der Waals surface area contributed by atoms with E-state index in [0.717, 1.165) is 19.6 Å². The van der Waals surface area contributed by atoms with Gasteiger partial charge in [0.15, 0.2) is 0 Å². The number of nitrogens with zero attached hydrogens (tertiary/aromatic N) is 2. The van der Waals surface area contributed by atoms with Crippen LogP contribution in [0.1, 0.15) is 22.5 Å². The van der Waals surface area contributed by atoms with Crippen molar-refractivity contribution >= 4 is 17.2 Å². The van der Waals surface area contributed by atoms with Crippen molar-refractivity contribution in [2.75, 3.05) is 19.6 Å². The molecule has 2 aromatic rings. The summed E-state index contributed by atoms with van der Waals surface area (Å²) in [6.07, 6.45) is 3.92. The van der Waals surface area contributed by atoms with Gasteiger partial charge in [-0.15, -0.1) is 11.3 Å². The number of carbonyl (C=O) groups excluding carboxylic acids is 1. The molecule has 0 aliphatic carbocycles. The van der Waals surface area contributed by atoms with Crippen LogP contribution in [-0.4, -0.2) is 41.5 Å². The molecule has 3 aliphatic rings. The molecule has 1 aromatic carbocycles. The molecule has 4 heterocycles. The quantitative estimate of drug-likeness (QED) is 0.941. The second-order valence-electron chi connectivity index (χ2n) is 6.26. The Kier molecular flexibility index (Phi) is 3.87. The van der Waals surface area contributed by atoms with Gasteiger partial charge in [0, 0.05) is 18.2 Å². The number of hydrogen-bond acceptors (Lipinski definition) is 4. The first-order valence-corrected chi connectivity index (χ1v) is 8.76. The largest absolute Gasteiger partial charge is 0.347 e. The highest BCUT2D eigenvalue weighted by Crippen LogP contribution is 2.29. The third-order valence-electron chi connectivity index (χ3n) is 4.77. The van der Waals surface area contributed by atoms with E-state index in [4.69, 9.17) is 0 Å². The van der Waals surface area contributed by atoms with Crippen molar-refractivity contribution in [3.05, 3.63) is 41.2 Å². The lowest BCUT2D eigenvalue weighted by molar-refractivity contribution is 0.0622. The highest BCUT2D eigenvalue weighted by molar-refractivity contribution is 7.16. The first kappa shape index (κ1) is 14.8. The second kappa shape index (κ2) is 6.02. The molecule has 3 fully saturated rings. The fourth-order valence-electron chi connectivity index (χ4n) is 3.50. The monoisotopic (exact) mass is 331 g/mol. The normalized spacial score (nSPS) is 26.2. The molecule has 0 saturated carbocycles. The third-order valence-corrected chi connectivity index (χ3v) is 5.82. The maximum Gasteiger partial charge on any atom is 0.263 e. The Morgan fingerprint density at radius 3 is 2.87 bits per heavy atom. The lowest BCUT2D eigenvalue weighted by atomic mass is 9.84. The zero-order valence-corrected chi connectivity index (χ0v) is 13.5. The number of amides is 1. The summed E-state index contributed by atoms with van der Waals surface area (Å²) in [4.78, 5) is 19.7. The number of piperidine rings is 3. The van der Waals surface area contributed by atoms with Gasteiger partial charge in [-0.25, -0.2) is 9.37 Å². The Bertz CT molecular complexity index is 724. The zero-order chi connectivity index (χ0) is 15.8. The van der Waals surface area contributed by atoms with E-state index >= 15 is 0 Å². The second-order valence-corrected chi connectivity index (χ2v) is 7.29. The highest BCUT2D eigenvalue weighted by atomic mass is 32.1. The number of thiazole rings is 1. The van der Waals surface area contributed by atoms with Crippen LogP contribution in [0.4, 0.5) is 4.39 Å². The Labute approximate surface area is 138 Å². The van der Waals surface area contributed by atoms with Crippen LogP contribution in [0.25, 0.3) is 10.6 Å². The molecule has 2 bridgehead atoms. The van der Waals surface area contributed by atoms with Crippen LogP contribution in [0.3, 0.4) is 0 Å². The van der Waals surface area contributed by atoms with Gasteiger partial charge in [-0.05, 0) is 44.0 Å². The summed E-state index contributed by atoms with van der Waals surface area (Å²) in [6.45, 7) is 3.26. The van der Waals surface area contributed by atoms with Gasteiger partial charge in [-0.2, -0.15) is 0 Å². The van der Waals surface area contributed by atoms with E-state index in [0.29, 0.717) is 21.4 Å². The first-order valence-electron chi connectivity index (χ1n) is 7.94. The molecular formula is C17H18FN3OS. The van der Waals surface area contributed by atoms with Gasteiger partial charge in [0.2, 0.25) is 0 Å². The van der Waals surface area contributed by atoms with Gasteiger partial charge in [-0.3, -0.25) is 4.79 Å². The molecule has 4 nitrogen and oxygen atoms in total. The summed E-state index contributed by atoms with van der Waals surface area (Å²) < 4.78 is 13.3. The van der Waals surface area contributed by atoms with Gasteiger partial charge in [0.1, 0.15) is 15.7 Å². The maximum absolute atomic E-state index is 13.3. The molecule has 3 aliphatic heterocycles. The summed E-state index contributed by atoms with van der Waals surface area (Å²) in [5, 5.41) is 3.83. The molecular weight excluding hydrogens is 313 g/mol. The predicted molar refractivity (Wildman–Crippen MR) is 87.9 cm³/mol. The summed E-state index contributed by atoms with van der Waals surface area (Å²) in [5.41, 5.74) is 0.705. The lowest BCUT2D eigenvalue weighted by Gasteiger charge is -2.44. The summed E-state index contributed by atoms with van der Waals surface area (Å²) in [5.74, 6) is 0.236. The molecule has 1 amide bonds. The number of aromatic nitrogens is 1. The van der Waals surface area contributed by atoms with Crippen molar-refractivity contribution < 1.29 is 9.18 Å². The van der Waals surface area contributed by atoms with Gasteiger partial charge in [-0.1, -0.05) is 12.1 Å². The zero-order valence-electron chi connectivity index (χ0n) is 12.7. The number of rotatable bonds is 3. The van der Waals surface area contributed by atoms with Gasteiger partial charge < -0.3 is 10.2 Å². The van der Waals surface area contributed by atoms with Gasteiger partial charge >= 0.3 is 0 Å². The smallest absolute Gasteiger partial charge is 0.263 e. The Balaban J connectivity index is 1.47. The fourth-order valence-corrected chi connectivity index (χ4v) is 4.32. The van der Waals surface area contributed by atoms with Crippen LogP contribution in [0.5, 0.6) is 0 Å². The number of nitrogens with one attached hydrogen (secondary N) is 1. The van der Waals surface area contributed by atoms with Crippen LogP contribution >= 0.6 is 11.3 Å². The third kappa shape index (κ3) is 3.01. The fraction of sp³-hybridized carbons (Fsp3) is 0.412. The van der Waals surface area contributed by atoms with Crippen LogP contribution in [0.15, 0.2) is 30.5 Å². The minimum atomic E-state index is -0.295. The van der Waals surface area contributed by atoms with Gasteiger partial charge in [0.25, 0.3) is 5.91 Å². The van der Waals surface area contributed by atoms with Crippen molar-refractivity contribution in [3.8, 4) is 10.6 Å². The molecule has 1 N–H and O–H groups in total. The summed E-state index contributed by atoms with van der Waals surface area (Å²) in [7, 11) is 0. The first-order chi connectivity index (χ1) is 11.2.